The van der Waals surface area contributed by atoms with Crippen LogP contribution in [0.25, 0.3) is 10.9 Å². The molecule has 5 nitrogen and oxygen atoms in total. The normalized spacial score (nSPS) is 20.2. The number of pyridine rings is 1. The molecule has 0 radical (unpaired) electrons. The van der Waals surface area contributed by atoms with Crippen molar-refractivity contribution >= 4 is 16.8 Å². The van der Waals surface area contributed by atoms with Crippen LogP contribution in [0.4, 0.5) is 0 Å². The first kappa shape index (κ1) is 16.3. The Morgan fingerprint density at radius 2 is 2.04 bits per heavy atom. The van der Waals surface area contributed by atoms with Gasteiger partial charge in [-0.3, -0.25) is 14.5 Å². The predicted molar refractivity (Wildman–Crippen MR) is 98.7 cm³/mol. The van der Waals surface area contributed by atoms with E-state index in [1.165, 1.54) is 17.5 Å². The molecule has 25 heavy (non-hydrogen) atoms. The van der Waals surface area contributed by atoms with E-state index in [0.717, 1.165) is 48.8 Å². The SMILES string of the molecule is CC(=O)N(C)C1CCN(Cc2cc3cc4c(cc3[nH]c2=O)CCC4)C1. The number of aromatic nitrogens is 1. The molecule has 0 bridgehead atoms. The summed E-state index contributed by atoms with van der Waals surface area (Å²) in [5.41, 5.74) is 4.58. The quantitative estimate of drug-likeness (QED) is 0.931. The number of likely N-dealkylation sites (tertiary alicyclic amines) is 1. The number of carbonyl (C=O) groups is 1. The highest BCUT2D eigenvalue weighted by Gasteiger charge is 2.27. The minimum Gasteiger partial charge on any atom is -0.342 e. The van der Waals surface area contributed by atoms with Crippen LogP contribution in [-0.2, 0) is 24.2 Å². The molecule has 1 unspecified atom stereocenters. The highest BCUT2D eigenvalue weighted by molar-refractivity contribution is 5.81. The Balaban J connectivity index is 1.56. The lowest BCUT2D eigenvalue weighted by molar-refractivity contribution is -0.129. The van der Waals surface area contributed by atoms with Gasteiger partial charge in [0.15, 0.2) is 0 Å². The maximum Gasteiger partial charge on any atom is 0.252 e. The number of carbonyl (C=O) groups excluding carboxylic acids is 1. The highest BCUT2D eigenvalue weighted by Crippen LogP contribution is 2.26. The van der Waals surface area contributed by atoms with Crippen molar-refractivity contribution in [3.05, 3.63) is 45.2 Å². The summed E-state index contributed by atoms with van der Waals surface area (Å²) < 4.78 is 0. The number of hydrogen-bond donors (Lipinski definition) is 1. The first-order chi connectivity index (χ1) is 12.0. The zero-order chi connectivity index (χ0) is 17.6. The summed E-state index contributed by atoms with van der Waals surface area (Å²) >= 11 is 0. The Hall–Kier alpha value is -2.14. The molecular weight excluding hydrogens is 314 g/mol. The number of amides is 1. The average Bonchev–Trinajstić information content (AvgIpc) is 3.21. The Labute approximate surface area is 147 Å². The molecule has 0 saturated carbocycles. The van der Waals surface area contributed by atoms with Crippen molar-refractivity contribution in [2.45, 2.75) is 45.2 Å². The molecular formula is C20H25N3O2. The van der Waals surface area contributed by atoms with Crippen LogP contribution in [0.15, 0.2) is 23.0 Å². The van der Waals surface area contributed by atoms with Crippen LogP contribution in [0.5, 0.6) is 0 Å². The summed E-state index contributed by atoms with van der Waals surface area (Å²) in [6, 6.07) is 6.69. The lowest BCUT2D eigenvalue weighted by Gasteiger charge is -2.23. The first-order valence-corrected chi connectivity index (χ1v) is 9.15. The highest BCUT2D eigenvalue weighted by atomic mass is 16.2. The van der Waals surface area contributed by atoms with Gasteiger partial charge in [0.25, 0.3) is 5.56 Å². The number of nitrogens with zero attached hydrogens (tertiary/aromatic N) is 2. The molecule has 1 N–H and O–H groups in total. The number of hydrogen-bond acceptors (Lipinski definition) is 3. The summed E-state index contributed by atoms with van der Waals surface area (Å²) in [5, 5.41) is 1.13. The molecule has 4 rings (SSSR count). The number of likely N-dealkylation sites (N-methyl/N-ethyl adjacent to an activating group) is 1. The monoisotopic (exact) mass is 339 g/mol. The van der Waals surface area contributed by atoms with Crippen LogP contribution >= 0.6 is 0 Å². The van der Waals surface area contributed by atoms with Crippen molar-refractivity contribution in [2.24, 2.45) is 0 Å². The maximum atomic E-state index is 12.5. The second kappa shape index (κ2) is 6.30. The zero-order valence-corrected chi connectivity index (χ0v) is 15.0. The molecule has 1 saturated heterocycles. The average molecular weight is 339 g/mol. The summed E-state index contributed by atoms with van der Waals surface area (Å²) in [6.07, 6.45) is 4.44. The number of aryl methyl sites for hydroxylation is 2. The molecule has 2 aliphatic rings. The predicted octanol–water partition coefficient (Wildman–Crippen LogP) is 2.07. The summed E-state index contributed by atoms with van der Waals surface area (Å²) in [5.74, 6) is 0.101. The van der Waals surface area contributed by atoms with Crippen LogP contribution in [0, 0.1) is 0 Å². The largest absolute Gasteiger partial charge is 0.342 e. The zero-order valence-electron chi connectivity index (χ0n) is 15.0. The minimum atomic E-state index is 0.00817. The second-order valence-corrected chi connectivity index (χ2v) is 7.49. The van der Waals surface area contributed by atoms with E-state index in [2.05, 4.69) is 28.1 Å². The molecule has 1 aromatic carbocycles. The first-order valence-electron chi connectivity index (χ1n) is 9.15. The third kappa shape index (κ3) is 3.09. The molecule has 5 heteroatoms. The van der Waals surface area contributed by atoms with Crippen molar-refractivity contribution in [1.29, 1.82) is 0 Å². The number of nitrogens with one attached hydrogen (secondary N) is 1. The minimum absolute atomic E-state index is 0.00817. The number of benzene rings is 1. The molecule has 2 aromatic rings. The van der Waals surface area contributed by atoms with Gasteiger partial charge >= 0.3 is 0 Å². The van der Waals surface area contributed by atoms with E-state index in [1.54, 1.807) is 6.92 Å². The lowest BCUT2D eigenvalue weighted by Crippen LogP contribution is -2.37. The van der Waals surface area contributed by atoms with Gasteiger partial charge in [0.2, 0.25) is 5.91 Å². The fourth-order valence-corrected chi connectivity index (χ4v) is 4.21. The van der Waals surface area contributed by atoms with E-state index in [4.69, 9.17) is 0 Å². The third-order valence-corrected chi connectivity index (χ3v) is 5.82. The van der Waals surface area contributed by atoms with E-state index in [0.29, 0.717) is 6.54 Å². The molecule has 1 aromatic heterocycles. The molecule has 1 fully saturated rings. The van der Waals surface area contributed by atoms with Crippen LogP contribution in [0.1, 0.15) is 36.5 Å². The van der Waals surface area contributed by atoms with Gasteiger partial charge in [0, 0.05) is 50.7 Å². The van der Waals surface area contributed by atoms with Crippen LogP contribution in [0.2, 0.25) is 0 Å². The summed E-state index contributed by atoms with van der Waals surface area (Å²) in [4.78, 5) is 31.2. The topological polar surface area (TPSA) is 56.4 Å². The Morgan fingerprint density at radius 1 is 1.28 bits per heavy atom. The molecule has 1 aliphatic heterocycles. The van der Waals surface area contributed by atoms with Gasteiger partial charge in [-0.1, -0.05) is 0 Å². The van der Waals surface area contributed by atoms with E-state index >= 15 is 0 Å². The van der Waals surface area contributed by atoms with Crippen LogP contribution in [0.3, 0.4) is 0 Å². The maximum absolute atomic E-state index is 12.5. The van der Waals surface area contributed by atoms with E-state index < -0.39 is 0 Å². The Morgan fingerprint density at radius 3 is 2.80 bits per heavy atom. The fourth-order valence-electron chi connectivity index (χ4n) is 4.21. The van der Waals surface area contributed by atoms with Gasteiger partial charge in [-0.25, -0.2) is 0 Å². The van der Waals surface area contributed by atoms with E-state index in [-0.39, 0.29) is 17.5 Å². The van der Waals surface area contributed by atoms with Crippen molar-refractivity contribution in [1.82, 2.24) is 14.8 Å². The standard InChI is InChI=1S/C20H25N3O2/c1-13(24)22(2)18-6-7-23(12-18)11-17-9-16-8-14-4-3-5-15(14)10-19(16)21-20(17)25/h8-10,18H,3-7,11-12H2,1-2H3,(H,21,25). The molecule has 1 atom stereocenters. The molecule has 0 spiro atoms. The van der Waals surface area contributed by atoms with Gasteiger partial charge < -0.3 is 9.88 Å². The fraction of sp³-hybridized carbons (Fsp3) is 0.500. The summed E-state index contributed by atoms with van der Waals surface area (Å²) in [6.45, 7) is 4.00. The van der Waals surface area contributed by atoms with Gasteiger partial charge in [0.1, 0.15) is 0 Å². The van der Waals surface area contributed by atoms with Gasteiger partial charge in [-0.2, -0.15) is 0 Å². The number of aromatic amines is 1. The van der Waals surface area contributed by atoms with Gasteiger partial charge in [-0.15, -0.1) is 0 Å². The lowest BCUT2D eigenvalue weighted by atomic mass is 10.0. The van der Waals surface area contributed by atoms with Crippen molar-refractivity contribution in [3.63, 3.8) is 0 Å². The van der Waals surface area contributed by atoms with Crippen LogP contribution < -0.4 is 5.56 Å². The van der Waals surface area contributed by atoms with Crippen molar-refractivity contribution < 1.29 is 4.79 Å². The second-order valence-electron chi connectivity index (χ2n) is 7.49. The number of fused-ring (bicyclic) bond motifs is 2. The summed E-state index contributed by atoms with van der Waals surface area (Å²) in [7, 11) is 1.86. The number of rotatable bonds is 3. The van der Waals surface area contributed by atoms with Crippen molar-refractivity contribution in [3.8, 4) is 0 Å². The molecule has 1 amide bonds. The van der Waals surface area contributed by atoms with Crippen molar-refractivity contribution in [2.75, 3.05) is 20.1 Å². The smallest absolute Gasteiger partial charge is 0.252 e. The van der Waals surface area contributed by atoms with Gasteiger partial charge in [0.05, 0.1) is 0 Å². The van der Waals surface area contributed by atoms with E-state index in [1.807, 2.05) is 11.9 Å². The molecule has 132 valence electrons. The molecule has 1 aliphatic carbocycles. The van der Waals surface area contributed by atoms with Crippen LogP contribution in [-0.4, -0.2) is 46.9 Å². The number of H-pyrrole nitrogens is 1. The molecule has 2 heterocycles. The Kier molecular flexibility index (Phi) is 4.12. The Bertz CT molecular complexity index is 886. The van der Waals surface area contributed by atoms with Gasteiger partial charge in [-0.05, 0) is 60.4 Å². The third-order valence-electron chi connectivity index (χ3n) is 5.82. The van der Waals surface area contributed by atoms with E-state index in [9.17, 15) is 9.59 Å².